The highest BCUT2D eigenvalue weighted by Gasteiger charge is 2.23. The van der Waals surface area contributed by atoms with Crippen LogP contribution in [0.1, 0.15) is 11.3 Å². The van der Waals surface area contributed by atoms with Gasteiger partial charge >= 0.3 is 0 Å². The Morgan fingerprint density at radius 1 is 1.07 bits per heavy atom. The highest BCUT2D eigenvalue weighted by molar-refractivity contribution is 5.61. The molecule has 0 radical (unpaired) electrons. The van der Waals surface area contributed by atoms with E-state index >= 15 is 0 Å². The zero-order chi connectivity index (χ0) is 18.8. The number of aromatic nitrogens is 1. The van der Waals surface area contributed by atoms with Gasteiger partial charge in [-0.1, -0.05) is 5.16 Å². The number of nitrogens with one attached hydrogen (secondary N) is 1. The highest BCUT2D eigenvalue weighted by Crippen LogP contribution is 2.25. The molecule has 4 rings (SSSR count). The first-order chi connectivity index (χ1) is 13.1. The molecule has 2 aromatic carbocycles. The monoisotopic (exact) mass is 368 g/mol. The third-order valence-corrected chi connectivity index (χ3v) is 5.23. The van der Waals surface area contributed by atoms with Crippen molar-refractivity contribution in [2.24, 2.45) is 0 Å². The van der Waals surface area contributed by atoms with Gasteiger partial charge in [0.25, 0.3) is 0 Å². The largest absolute Gasteiger partial charge is 0.508 e. The first-order valence-electron chi connectivity index (χ1n) is 9.19. The van der Waals surface area contributed by atoms with Gasteiger partial charge in [0, 0.05) is 16.8 Å². The molecule has 1 fully saturated rings. The Labute approximate surface area is 157 Å². The van der Waals surface area contributed by atoms with E-state index in [2.05, 4.69) is 10.1 Å². The van der Waals surface area contributed by atoms with E-state index in [1.807, 2.05) is 19.1 Å². The minimum Gasteiger partial charge on any atom is -0.508 e. The van der Waals surface area contributed by atoms with Crippen molar-refractivity contribution in [1.29, 1.82) is 0 Å². The van der Waals surface area contributed by atoms with Crippen LogP contribution in [-0.2, 0) is 6.54 Å². The standard InChI is InChI=1S/C21H22FN3O2/c1-15-20(23-27-21(15)16-2-4-17(22)5-3-16)14-24-10-12-25(13-11-24)18-6-8-19(26)9-7-18/h2-9,26H,10-14H2,1H3/p+1. The second-order valence-electron chi connectivity index (χ2n) is 7.02. The molecule has 0 unspecified atom stereocenters. The maximum absolute atomic E-state index is 13.1. The predicted octanol–water partition coefficient (Wildman–Crippen LogP) is 2.40. The number of benzene rings is 2. The number of aromatic hydroxyl groups is 1. The van der Waals surface area contributed by atoms with Gasteiger partial charge in [0.15, 0.2) is 5.76 Å². The summed E-state index contributed by atoms with van der Waals surface area (Å²) < 4.78 is 18.7. The number of piperazine rings is 1. The van der Waals surface area contributed by atoms with Crippen molar-refractivity contribution in [3.63, 3.8) is 0 Å². The molecule has 0 bridgehead atoms. The average Bonchev–Trinajstić information content (AvgIpc) is 3.04. The summed E-state index contributed by atoms with van der Waals surface area (Å²) in [6, 6.07) is 13.7. The Balaban J connectivity index is 1.39. The summed E-state index contributed by atoms with van der Waals surface area (Å²) in [5, 5.41) is 13.7. The Morgan fingerprint density at radius 2 is 1.74 bits per heavy atom. The van der Waals surface area contributed by atoms with E-state index in [1.54, 1.807) is 24.3 Å². The van der Waals surface area contributed by atoms with Crippen LogP contribution in [0.25, 0.3) is 11.3 Å². The van der Waals surface area contributed by atoms with Crippen molar-refractivity contribution in [3.8, 4) is 17.1 Å². The Morgan fingerprint density at radius 3 is 2.41 bits per heavy atom. The molecule has 0 spiro atoms. The number of quaternary nitrogens is 1. The third-order valence-electron chi connectivity index (χ3n) is 5.23. The molecule has 140 valence electrons. The van der Waals surface area contributed by atoms with E-state index in [0.717, 1.165) is 55.2 Å². The molecule has 1 saturated heterocycles. The molecular weight excluding hydrogens is 345 g/mol. The number of nitrogens with zero attached hydrogens (tertiary/aromatic N) is 2. The molecule has 1 aliphatic rings. The Bertz CT molecular complexity index is 898. The van der Waals surface area contributed by atoms with Gasteiger partial charge in [-0.2, -0.15) is 0 Å². The first kappa shape index (κ1) is 17.5. The lowest BCUT2D eigenvalue weighted by Crippen LogP contribution is -3.13. The number of hydrogen-bond acceptors (Lipinski definition) is 4. The predicted molar refractivity (Wildman–Crippen MR) is 101 cm³/mol. The molecular formula is C21H23FN3O2+. The van der Waals surface area contributed by atoms with E-state index in [0.29, 0.717) is 11.5 Å². The normalized spacial score (nSPS) is 15.3. The minimum atomic E-state index is -0.257. The first-order valence-corrected chi connectivity index (χ1v) is 9.19. The molecule has 0 aliphatic carbocycles. The summed E-state index contributed by atoms with van der Waals surface area (Å²) in [4.78, 5) is 3.80. The summed E-state index contributed by atoms with van der Waals surface area (Å²) in [6.45, 7) is 6.78. The van der Waals surface area contributed by atoms with Crippen molar-refractivity contribution in [2.45, 2.75) is 13.5 Å². The van der Waals surface area contributed by atoms with Gasteiger partial charge in [-0.05, 0) is 55.5 Å². The van der Waals surface area contributed by atoms with Crippen LogP contribution in [0.5, 0.6) is 5.75 Å². The van der Waals surface area contributed by atoms with Crippen molar-refractivity contribution in [3.05, 3.63) is 65.6 Å². The van der Waals surface area contributed by atoms with Gasteiger partial charge in [-0.3, -0.25) is 0 Å². The quantitative estimate of drug-likeness (QED) is 0.743. The number of hydrogen-bond donors (Lipinski definition) is 2. The molecule has 1 aliphatic heterocycles. The molecule has 2 heterocycles. The van der Waals surface area contributed by atoms with Crippen LogP contribution < -0.4 is 9.80 Å². The van der Waals surface area contributed by atoms with Crippen LogP contribution >= 0.6 is 0 Å². The van der Waals surface area contributed by atoms with Crippen LogP contribution in [-0.4, -0.2) is 36.4 Å². The summed E-state index contributed by atoms with van der Waals surface area (Å²) in [7, 11) is 0. The van der Waals surface area contributed by atoms with Crippen LogP contribution in [0, 0.1) is 12.7 Å². The Kier molecular flexibility index (Phi) is 4.81. The van der Waals surface area contributed by atoms with E-state index in [-0.39, 0.29) is 5.82 Å². The van der Waals surface area contributed by atoms with E-state index in [4.69, 9.17) is 4.52 Å². The lowest BCUT2D eigenvalue weighted by molar-refractivity contribution is -0.914. The van der Waals surface area contributed by atoms with Crippen molar-refractivity contribution >= 4 is 5.69 Å². The van der Waals surface area contributed by atoms with Crippen LogP contribution in [0.15, 0.2) is 53.1 Å². The van der Waals surface area contributed by atoms with Crippen LogP contribution in [0.3, 0.4) is 0 Å². The van der Waals surface area contributed by atoms with Gasteiger partial charge in [0.05, 0.1) is 26.2 Å². The van der Waals surface area contributed by atoms with Gasteiger partial charge < -0.3 is 19.4 Å². The summed E-state index contributed by atoms with van der Waals surface area (Å²) in [5.41, 5.74) is 3.97. The van der Waals surface area contributed by atoms with Crippen LogP contribution in [0.2, 0.25) is 0 Å². The SMILES string of the molecule is Cc1c(C[NH+]2CCN(c3ccc(O)cc3)CC2)noc1-c1ccc(F)cc1. The second-order valence-corrected chi connectivity index (χ2v) is 7.02. The zero-order valence-corrected chi connectivity index (χ0v) is 15.3. The molecule has 5 nitrogen and oxygen atoms in total. The molecule has 27 heavy (non-hydrogen) atoms. The highest BCUT2D eigenvalue weighted by atomic mass is 19.1. The molecule has 1 aromatic heterocycles. The average molecular weight is 368 g/mol. The van der Waals surface area contributed by atoms with Gasteiger partial charge in [-0.15, -0.1) is 0 Å². The fourth-order valence-electron chi connectivity index (χ4n) is 3.56. The lowest BCUT2D eigenvalue weighted by atomic mass is 10.1. The van der Waals surface area contributed by atoms with Gasteiger partial charge in [0.2, 0.25) is 0 Å². The zero-order valence-electron chi connectivity index (χ0n) is 15.3. The van der Waals surface area contributed by atoms with Gasteiger partial charge in [0.1, 0.15) is 23.8 Å². The Hall–Kier alpha value is -2.86. The van der Waals surface area contributed by atoms with Gasteiger partial charge in [-0.25, -0.2) is 4.39 Å². The summed E-state index contributed by atoms with van der Waals surface area (Å²) in [5.74, 6) is 0.751. The number of rotatable bonds is 4. The lowest BCUT2D eigenvalue weighted by Gasteiger charge is -2.33. The van der Waals surface area contributed by atoms with Crippen LogP contribution in [0.4, 0.5) is 10.1 Å². The molecule has 0 saturated carbocycles. The second kappa shape index (κ2) is 7.40. The maximum atomic E-state index is 13.1. The molecule has 0 atom stereocenters. The van der Waals surface area contributed by atoms with Crippen molar-refractivity contribution in [1.82, 2.24) is 5.16 Å². The van der Waals surface area contributed by atoms with E-state index in [1.165, 1.54) is 17.0 Å². The molecule has 3 aromatic rings. The smallest absolute Gasteiger partial charge is 0.170 e. The fourth-order valence-corrected chi connectivity index (χ4v) is 3.56. The minimum absolute atomic E-state index is 0.257. The fraction of sp³-hybridized carbons (Fsp3) is 0.286. The van der Waals surface area contributed by atoms with Crippen molar-refractivity contribution < 1.29 is 18.9 Å². The third kappa shape index (κ3) is 3.80. The topological polar surface area (TPSA) is 53.9 Å². The maximum Gasteiger partial charge on any atom is 0.170 e. The number of anilines is 1. The summed E-state index contributed by atoms with van der Waals surface area (Å²) in [6.07, 6.45) is 0. The molecule has 6 heteroatoms. The van der Waals surface area contributed by atoms with E-state index < -0.39 is 0 Å². The summed E-state index contributed by atoms with van der Waals surface area (Å²) >= 11 is 0. The number of phenolic OH excluding ortho intramolecular Hbond substituents is 1. The number of halogens is 1. The molecule has 0 amide bonds. The van der Waals surface area contributed by atoms with Crippen molar-refractivity contribution in [2.75, 3.05) is 31.1 Å². The number of phenols is 1. The molecule has 2 N–H and O–H groups in total. The van der Waals surface area contributed by atoms with E-state index in [9.17, 15) is 9.50 Å².